The quantitative estimate of drug-likeness (QED) is 0.563. The van der Waals surface area contributed by atoms with Gasteiger partial charge in [-0.1, -0.05) is 6.08 Å². The van der Waals surface area contributed by atoms with Gasteiger partial charge in [-0.3, -0.25) is 4.79 Å². The lowest BCUT2D eigenvalue weighted by molar-refractivity contribution is 0.938. The van der Waals surface area contributed by atoms with E-state index in [1.165, 1.54) is 12.3 Å². The summed E-state index contributed by atoms with van der Waals surface area (Å²) in [4.78, 5) is 11.3. The maximum absolute atomic E-state index is 11.3. The van der Waals surface area contributed by atoms with Crippen molar-refractivity contribution in [2.75, 3.05) is 0 Å². The molecule has 0 saturated carbocycles. The lowest BCUT2D eigenvalue weighted by Crippen LogP contribution is -2.08. The first-order chi connectivity index (χ1) is 5.88. The molecule has 0 aliphatic heterocycles. The highest BCUT2D eigenvalue weighted by atomic mass is 16.1. The van der Waals surface area contributed by atoms with Crippen molar-refractivity contribution in [3.8, 4) is 0 Å². The highest BCUT2D eigenvalue weighted by Crippen LogP contribution is 2.10. The van der Waals surface area contributed by atoms with E-state index < -0.39 is 0 Å². The minimum atomic E-state index is 0.0411. The Morgan fingerprint density at radius 3 is 3.25 bits per heavy atom. The van der Waals surface area contributed by atoms with Crippen molar-refractivity contribution in [1.29, 1.82) is 0 Å². The van der Waals surface area contributed by atoms with Gasteiger partial charge in [0, 0.05) is 11.6 Å². The second-order valence-corrected chi connectivity index (χ2v) is 2.70. The topological polar surface area (TPSA) is 42.9 Å². The van der Waals surface area contributed by atoms with E-state index in [2.05, 4.69) is 10.2 Å². The van der Waals surface area contributed by atoms with Crippen molar-refractivity contribution in [2.45, 2.75) is 12.8 Å². The van der Waals surface area contributed by atoms with Gasteiger partial charge in [0.2, 0.25) is 0 Å². The number of fused-ring (bicyclic) bond motifs is 1. The average molecular weight is 160 g/mol. The SMILES string of the molecule is O=c1ccnnc2c1CCC=C2. The van der Waals surface area contributed by atoms with E-state index in [4.69, 9.17) is 0 Å². The molecule has 1 heterocycles. The van der Waals surface area contributed by atoms with Crippen LogP contribution in [0.3, 0.4) is 0 Å². The van der Waals surface area contributed by atoms with Gasteiger partial charge in [0.1, 0.15) is 0 Å². The molecule has 3 heteroatoms. The summed E-state index contributed by atoms with van der Waals surface area (Å²) in [7, 11) is 0. The van der Waals surface area contributed by atoms with Gasteiger partial charge < -0.3 is 0 Å². The van der Waals surface area contributed by atoms with Crippen LogP contribution in [0.5, 0.6) is 0 Å². The first-order valence-electron chi connectivity index (χ1n) is 3.89. The Hall–Kier alpha value is -1.51. The first-order valence-corrected chi connectivity index (χ1v) is 3.89. The molecular formula is C9H8N2O. The van der Waals surface area contributed by atoms with Crippen LogP contribution in [0.15, 0.2) is 23.1 Å². The average Bonchev–Trinajstić information content (AvgIpc) is 2.29. The summed E-state index contributed by atoms with van der Waals surface area (Å²) in [5, 5.41) is 7.63. The Morgan fingerprint density at radius 2 is 2.33 bits per heavy atom. The molecule has 1 aliphatic rings. The lowest BCUT2D eigenvalue weighted by atomic mass is 10.0. The van der Waals surface area contributed by atoms with Gasteiger partial charge in [-0.15, -0.1) is 0 Å². The zero-order chi connectivity index (χ0) is 8.39. The molecule has 1 aliphatic carbocycles. The molecule has 12 heavy (non-hydrogen) atoms. The smallest absolute Gasteiger partial charge is 0.185 e. The van der Waals surface area contributed by atoms with Gasteiger partial charge in [0.05, 0.1) is 11.9 Å². The molecule has 0 unspecified atom stereocenters. The molecule has 0 fully saturated rings. The number of aromatic nitrogens is 2. The van der Waals surface area contributed by atoms with Gasteiger partial charge >= 0.3 is 0 Å². The second kappa shape index (κ2) is 2.85. The predicted octanol–water partition coefficient (Wildman–Crippen LogP) is 0.796. The van der Waals surface area contributed by atoms with E-state index in [0.717, 1.165) is 24.1 Å². The van der Waals surface area contributed by atoms with Crippen LogP contribution in [-0.2, 0) is 6.42 Å². The molecule has 0 spiro atoms. The highest BCUT2D eigenvalue weighted by molar-refractivity contribution is 5.50. The van der Waals surface area contributed by atoms with Crippen LogP contribution in [0.25, 0.3) is 6.08 Å². The number of allylic oxidation sites excluding steroid dienone is 1. The Morgan fingerprint density at radius 1 is 1.42 bits per heavy atom. The fraction of sp³-hybridized carbons (Fsp3) is 0.222. The van der Waals surface area contributed by atoms with Crippen LogP contribution in [0.1, 0.15) is 17.7 Å². The molecule has 60 valence electrons. The van der Waals surface area contributed by atoms with Crippen molar-refractivity contribution in [2.24, 2.45) is 0 Å². The molecule has 0 amide bonds. The van der Waals surface area contributed by atoms with Crippen LogP contribution in [0, 0.1) is 0 Å². The zero-order valence-electron chi connectivity index (χ0n) is 6.53. The third-order valence-electron chi connectivity index (χ3n) is 1.90. The van der Waals surface area contributed by atoms with Gasteiger partial charge in [0.25, 0.3) is 0 Å². The largest absolute Gasteiger partial charge is 0.290 e. The van der Waals surface area contributed by atoms with E-state index in [0.29, 0.717) is 0 Å². The maximum Gasteiger partial charge on any atom is 0.185 e. The van der Waals surface area contributed by atoms with Gasteiger partial charge in [-0.25, -0.2) is 0 Å². The fourth-order valence-electron chi connectivity index (χ4n) is 1.29. The van der Waals surface area contributed by atoms with Crippen LogP contribution < -0.4 is 5.43 Å². The summed E-state index contributed by atoms with van der Waals surface area (Å²) in [6.07, 6.45) is 7.01. The minimum Gasteiger partial charge on any atom is -0.290 e. The van der Waals surface area contributed by atoms with Crippen LogP contribution in [0.2, 0.25) is 0 Å². The molecule has 3 nitrogen and oxygen atoms in total. The van der Waals surface area contributed by atoms with E-state index in [-0.39, 0.29) is 5.43 Å². The Kier molecular flexibility index (Phi) is 1.70. The minimum absolute atomic E-state index is 0.0411. The molecule has 0 N–H and O–H groups in total. The summed E-state index contributed by atoms with van der Waals surface area (Å²) in [6.45, 7) is 0. The maximum atomic E-state index is 11.3. The van der Waals surface area contributed by atoms with Gasteiger partial charge in [0.15, 0.2) is 5.43 Å². The van der Waals surface area contributed by atoms with Crippen LogP contribution >= 0.6 is 0 Å². The molecule has 1 aromatic heterocycles. The number of hydrogen-bond donors (Lipinski definition) is 0. The van der Waals surface area contributed by atoms with Crippen molar-refractivity contribution in [3.05, 3.63) is 39.8 Å². The molecule has 1 aromatic rings. The number of hydrogen-bond acceptors (Lipinski definition) is 3. The van der Waals surface area contributed by atoms with Crippen molar-refractivity contribution >= 4 is 6.08 Å². The summed E-state index contributed by atoms with van der Waals surface area (Å²) in [5.41, 5.74) is 1.55. The molecule has 0 radical (unpaired) electrons. The molecule has 0 aromatic carbocycles. The van der Waals surface area contributed by atoms with E-state index in [1.54, 1.807) is 0 Å². The summed E-state index contributed by atoms with van der Waals surface area (Å²) < 4.78 is 0. The molecule has 0 atom stereocenters. The van der Waals surface area contributed by atoms with Gasteiger partial charge in [-0.2, -0.15) is 10.2 Å². The Bertz CT molecular complexity index is 385. The Labute approximate surface area is 69.8 Å². The Balaban J connectivity index is 2.75. The fourth-order valence-corrected chi connectivity index (χ4v) is 1.29. The predicted molar refractivity (Wildman–Crippen MR) is 45.7 cm³/mol. The highest BCUT2D eigenvalue weighted by Gasteiger charge is 2.07. The molecular weight excluding hydrogens is 152 g/mol. The number of rotatable bonds is 0. The number of nitrogens with zero attached hydrogens (tertiary/aromatic N) is 2. The molecule has 2 rings (SSSR count). The van der Waals surface area contributed by atoms with Crippen molar-refractivity contribution < 1.29 is 0 Å². The van der Waals surface area contributed by atoms with Gasteiger partial charge in [-0.05, 0) is 18.9 Å². The lowest BCUT2D eigenvalue weighted by Gasteiger charge is -2.02. The van der Waals surface area contributed by atoms with Crippen molar-refractivity contribution in [1.82, 2.24) is 10.2 Å². The molecule has 0 saturated heterocycles. The van der Waals surface area contributed by atoms with Crippen LogP contribution in [-0.4, -0.2) is 10.2 Å². The molecule has 0 bridgehead atoms. The summed E-state index contributed by atoms with van der Waals surface area (Å²) in [5.74, 6) is 0. The second-order valence-electron chi connectivity index (χ2n) is 2.70. The standard InChI is InChI=1S/C9H8N2O/c12-9-5-6-10-11-8-4-2-1-3-7(8)9/h2,4-6H,1,3H2. The third-order valence-corrected chi connectivity index (χ3v) is 1.90. The normalized spacial score (nSPS) is 14.0. The summed E-state index contributed by atoms with van der Waals surface area (Å²) >= 11 is 0. The third kappa shape index (κ3) is 1.13. The first kappa shape index (κ1) is 7.16. The van der Waals surface area contributed by atoms with E-state index in [1.807, 2.05) is 12.2 Å². The van der Waals surface area contributed by atoms with E-state index >= 15 is 0 Å². The van der Waals surface area contributed by atoms with Crippen LogP contribution in [0.4, 0.5) is 0 Å². The van der Waals surface area contributed by atoms with Crippen molar-refractivity contribution in [3.63, 3.8) is 0 Å². The van der Waals surface area contributed by atoms with E-state index in [9.17, 15) is 4.79 Å². The zero-order valence-corrected chi connectivity index (χ0v) is 6.53. The monoisotopic (exact) mass is 160 g/mol. The summed E-state index contributed by atoms with van der Waals surface area (Å²) in [6, 6.07) is 1.46.